The van der Waals surface area contributed by atoms with E-state index in [0.717, 1.165) is 36.0 Å². The second-order valence-electron chi connectivity index (χ2n) is 4.15. The molecule has 92 valence electrons. The first-order chi connectivity index (χ1) is 8.15. The Bertz CT molecular complexity index is 427. The van der Waals surface area contributed by atoms with Crippen LogP contribution >= 0.6 is 11.3 Å². The summed E-state index contributed by atoms with van der Waals surface area (Å²) in [6.45, 7) is 2.40. The van der Waals surface area contributed by atoms with Gasteiger partial charge in [-0.15, -0.1) is 11.3 Å². The van der Waals surface area contributed by atoms with Crippen molar-refractivity contribution in [1.29, 1.82) is 0 Å². The van der Waals surface area contributed by atoms with Crippen molar-refractivity contribution >= 4 is 23.4 Å². The quantitative estimate of drug-likeness (QED) is 0.797. The van der Waals surface area contributed by atoms with Crippen molar-refractivity contribution in [3.05, 3.63) is 28.0 Å². The summed E-state index contributed by atoms with van der Waals surface area (Å²) in [5.41, 5.74) is 0.957. The topological polar surface area (TPSA) is 60.8 Å². The molecule has 1 saturated heterocycles. The van der Waals surface area contributed by atoms with E-state index in [1.807, 2.05) is 11.4 Å². The summed E-state index contributed by atoms with van der Waals surface area (Å²) in [6.07, 6.45) is 3.39. The van der Waals surface area contributed by atoms with Crippen LogP contribution in [0.4, 0.5) is 0 Å². The third-order valence-electron chi connectivity index (χ3n) is 2.80. The molecule has 1 atom stereocenters. The maximum absolute atomic E-state index is 10.5. The number of carbonyl (C=O) groups is 1. The van der Waals surface area contributed by atoms with Crippen LogP contribution in [0.25, 0.3) is 6.08 Å². The predicted octanol–water partition coefficient (Wildman–Crippen LogP) is 1.41. The summed E-state index contributed by atoms with van der Waals surface area (Å²) in [4.78, 5) is 13.8. The van der Waals surface area contributed by atoms with E-state index in [1.54, 1.807) is 17.4 Å². The maximum Gasteiger partial charge on any atom is 0.328 e. The van der Waals surface area contributed by atoms with Gasteiger partial charge in [0.2, 0.25) is 0 Å². The first kappa shape index (κ1) is 12.3. The summed E-state index contributed by atoms with van der Waals surface area (Å²) >= 11 is 1.62. The molecule has 0 radical (unpaired) electrons. The van der Waals surface area contributed by atoms with E-state index < -0.39 is 5.97 Å². The number of aliphatic carboxylic acids is 1. The Kier molecular flexibility index (Phi) is 3.93. The number of aliphatic hydroxyl groups excluding tert-OH is 1. The van der Waals surface area contributed by atoms with E-state index in [4.69, 9.17) is 5.11 Å². The van der Waals surface area contributed by atoms with Crippen LogP contribution in [-0.4, -0.2) is 40.3 Å². The van der Waals surface area contributed by atoms with Crippen LogP contribution in [0.3, 0.4) is 0 Å². The third kappa shape index (κ3) is 3.39. The summed E-state index contributed by atoms with van der Waals surface area (Å²) in [5.74, 6) is -0.932. The Morgan fingerprint density at radius 1 is 1.65 bits per heavy atom. The summed E-state index contributed by atoms with van der Waals surface area (Å²) in [7, 11) is 0. The summed E-state index contributed by atoms with van der Waals surface area (Å²) in [5, 5.41) is 20.0. The molecule has 1 aliphatic heterocycles. The largest absolute Gasteiger partial charge is 0.478 e. The summed E-state index contributed by atoms with van der Waals surface area (Å²) < 4.78 is 0. The van der Waals surface area contributed by atoms with Gasteiger partial charge < -0.3 is 10.2 Å². The van der Waals surface area contributed by atoms with E-state index >= 15 is 0 Å². The molecule has 1 fully saturated rings. The van der Waals surface area contributed by atoms with E-state index in [9.17, 15) is 9.90 Å². The number of hydrogen-bond acceptors (Lipinski definition) is 4. The van der Waals surface area contributed by atoms with Crippen molar-refractivity contribution in [3.8, 4) is 0 Å². The molecular weight excluding hydrogens is 238 g/mol. The number of nitrogens with zero attached hydrogens (tertiary/aromatic N) is 1. The average molecular weight is 253 g/mol. The highest BCUT2D eigenvalue weighted by atomic mass is 32.1. The molecule has 17 heavy (non-hydrogen) atoms. The Morgan fingerprint density at radius 2 is 2.47 bits per heavy atom. The van der Waals surface area contributed by atoms with Crippen molar-refractivity contribution < 1.29 is 15.0 Å². The van der Waals surface area contributed by atoms with Crippen molar-refractivity contribution in [1.82, 2.24) is 4.90 Å². The lowest BCUT2D eigenvalue weighted by molar-refractivity contribution is -0.131. The maximum atomic E-state index is 10.5. The van der Waals surface area contributed by atoms with Crippen LogP contribution in [0.2, 0.25) is 0 Å². The van der Waals surface area contributed by atoms with Gasteiger partial charge in [-0.2, -0.15) is 0 Å². The van der Waals surface area contributed by atoms with Gasteiger partial charge in [0.25, 0.3) is 0 Å². The smallest absolute Gasteiger partial charge is 0.328 e. The minimum atomic E-state index is -0.932. The zero-order valence-electron chi connectivity index (χ0n) is 9.37. The van der Waals surface area contributed by atoms with E-state index in [2.05, 4.69) is 4.90 Å². The lowest BCUT2D eigenvalue weighted by Gasteiger charge is -2.14. The molecule has 1 aliphatic rings. The molecule has 0 amide bonds. The molecule has 1 aromatic heterocycles. The average Bonchev–Trinajstić information content (AvgIpc) is 2.86. The Labute approximate surface area is 104 Å². The first-order valence-corrected chi connectivity index (χ1v) is 6.41. The number of carboxylic acids is 1. The fourth-order valence-corrected chi connectivity index (χ4v) is 2.86. The molecule has 0 bridgehead atoms. The van der Waals surface area contributed by atoms with Gasteiger partial charge in [0, 0.05) is 30.6 Å². The minimum absolute atomic E-state index is 0.215. The highest BCUT2D eigenvalue weighted by molar-refractivity contribution is 7.10. The molecule has 2 N–H and O–H groups in total. The highest BCUT2D eigenvalue weighted by Crippen LogP contribution is 2.22. The molecule has 0 aliphatic carbocycles. The van der Waals surface area contributed by atoms with E-state index in [0.29, 0.717) is 6.54 Å². The van der Waals surface area contributed by atoms with Crippen LogP contribution in [0.5, 0.6) is 0 Å². The standard InChI is InChI=1S/C12H15NO3S/c14-10-3-5-13(7-10)8-11-9(4-6-17-11)1-2-12(15)16/h1-2,4,6,10,14H,3,5,7-8H2,(H,15,16). The van der Waals surface area contributed by atoms with Crippen LogP contribution in [0.15, 0.2) is 17.5 Å². The van der Waals surface area contributed by atoms with Crippen molar-refractivity contribution in [2.24, 2.45) is 0 Å². The minimum Gasteiger partial charge on any atom is -0.478 e. The molecule has 4 nitrogen and oxygen atoms in total. The highest BCUT2D eigenvalue weighted by Gasteiger charge is 2.20. The number of aliphatic hydroxyl groups is 1. The van der Waals surface area contributed by atoms with Gasteiger partial charge in [0.15, 0.2) is 0 Å². The lowest BCUT2D eigenvalue weighted by Crippen LogP contribution is -2.21. The monoisotopic (exact) mass is 253 g/mol. The van der Waals surface area contributed by atoms with E-state index in [-0.39, 0.29) is 6.10 Å². The number of hydrogen-bond donors (Lipinski definition) is 2. The van der Waals surface area contributed by atoms with Crippen molar-refractivity contribution in [3.63, 3.8) is 0 Å². The molecular formula is C12H15NO3S. The van der Waals surface area contributed by atoms with Crippen LogP contribution < -0.4 is 0 Å². The van der Waals surface area contributed by atoms with Gasteiger partial charge >= 0.3 is 5.97 Å². The van der Waals surface area contributed by atoms with Crippen LogP contribution in [-0.2, 0) is 11.3 Å². The third-order valence-corrected chi connectivity index (χ3v) is 3.72. The normalized spacial score (nSPS) is 21.4. The van der Waals surface area contributed by atoms with Gasteiger partial charge in [-0.25, -0.2) is 4.79 Å². The van der Waals surface area contributed by atoms with Crippen LogP contribution in [0, 0.1) is 0 Å². The van der Waals surface area contributed by atoms with E-state index in [1.165, 1.54) is 0 Å². The van der Waals surface area contributed by atoms with Gasteiger partial charge in [-0.1, -0.05) is 0 Å². The Hall–Kier alpha value is -1.17. The molecule has 2 rings (SSSR count). The number of thiophene rings is 1. The second-order valence-corrected chi connectivity index (χ2v) is 5.15. The number of β-amino-alcohol motifs (C(OH)–C–C–N with tert-alkyl or cyclic N) is 1. The van der Waals surface area contributed by atoms with Gasteiger partial charge in [-0.05, 0) is 29.5 Å². The fraction of sp³-hybridized carbons (Fsp3) is 0.417. The SMILES string of the molecule is O=C(O)C=Cc1ccsc1CN1CCC(O)C1. The molecule has 1 aromatic rings. The predicted molar refractivity (Wildman–Crippen MR) is 66.9 cm³/mol. The van der Waals surface area contributed by atoms with Gasteiger partial charge in [0.1, 0.15) is 0 Å². The zero-order valence-corrected chi connectivity index (χ0v) is 10.2. The lowest BCUT2D eigenvalue weighted by atomic mass is 10.2. The Balaban J connectivity index is 2.01. The molecule has 5 heteroatoms. The van der Waals surface area contributed by atoms with Crippen molar-refractivity contribution in [2.45, 2.75) is 19.1 Å². The van der Waals surface area contributed by atoms with Crippen LogP contribution in [0.1, 0.15) is 16.9 Å². The van der Waals surface area contributed by atoms with Gasteiger partial charge in [-0.3, -0.25) is 4.90 Å². The number of carboxylic acid groups (broad SMARTS) is 1. The molecule has 0 aromatic carbocycles. The number of rotatable bonds is 4. The Morgan fingerprint density at radius 3 is 3.12 bits per heavy atom. The summed E-state index contributed by atoms with van der Waals surface area (Å²) in [6, 6.07) is 1.92. The molecule has 0 spiro atoms. The molecule has 2 heterocycles. The molecule has 1 unspecified atom stereocenters. The number of likely N-dealkylation sites (tertiary alicyclic amines) is 1. The fourth-order valence-electron chi connectivity index (χ4n) is 1.95. The molecule has 0 saturated carbocycles. The van der Waals surface area contributed by atoms with Gasteiger partial charge in [0.05, 0.1) is 6.10 Å². The first-order valence-electron chi connectivity index (χ1n) is 5.53. The van der Waals surface area contributed by atoms with Crippen molar-refractivity contribution in [2.75, 3.05) is 13.1 Å². The zero-order chi connectivity index (χ0) is 12.3. The second kappa shape index (κ2) is 5.44.